The van der Waals surface area contributed by atoms with Gasteiger partial charge in [-0.1, -0.05) is 24.3 Å². The van der Waals surface area contributed by atoms with Crippen molar-refractivity contribution >= 4 is 31.6 Å². The maximum atomic E-state index is 14.3. The van der Waals surface area contributed by atoms with Crippen molar-refractivity contribution in [3.05, 3.63) is 47.5 Å². The molecule has 0 aromatic heterocycles. The van der Waals surface area contributed by atoms with Gasteiger partial charge in [-0.25, -0.2) is 0 Å². The van der Waals surface area contributed by atoms with Crippen LogP contribution < -0.4 is 11.5 Å². The molecule has 2 aromatic carbocycles. The normalized spacial score (nSPS) is 13.9. The molecule has 0 bridgehead atoms. The second-order valence-electron chi connectivity index (χ2n) is 6.14. The third-order valence-electron chi connectivity index (χ3n) is 4.27. The predicted octanol–water partition coefficient (Wildman–Crippen LogP) is 2.76. The Bertz CT molecular complexity index is 1140. The third-order valence-corrected chi connectivity index (χ3v) is 6.21. The second-order valence-corrected chi connectivity index (χ2v) is 8.86. The van der Waals surface area contributed by atoms with Gasteiger partial charge < -0.3 is 11.5 Å². The number of alkyl halides is 6. The van der Waals surface area contributed by atoms with Crippen LogP contribution in [0.3, 0.4) is 0 Å². The lowest BCUT2D eigenvalue weighted by molar-refractivity contribution is -0.290. The van der Waals surface area contributed by atoms with Crippen molar-refractivity contribution in [1.29, 1.82) is 0 Å². The zero-order valence-electron chi connectivity index (χ0n) is 14.7. The Balaban J connectivity index is 3.38. The number of hydrogen-bond donors (Lipinski definition) is 4. The zero-order chi connectivity index (χ0) is 24.2. The van der Waals surface area contributed by atoms with Gasteiger partial charge in [-0.3, -0.25) is 9.11 Å². The first-order valence-electron chi connectivity index (χ1n) is 7.64. The molecule has 0 saturated heterocycles. The summed E-state index contributed by atoms with van der Waals surface area (Å²) >= 11 is 0. The van der Waals surface area contributed by atoms with Crippen LogP contribution in [0.15, 0.2) is 46.2 Å². The number of benzene rings is 2. The second kappa shape index (κ2) is 7.25. The van der Waals surface area contributed by atoms with Crippen LogP contribution in [0, 0.1) is 0 Å². The van der Waals surface area contributed by atoms with Gasteiger partial charge in [-0.05, 0) is 12.1 Å². The van der Waals surface area contributed by atoms with Crippen molar-refractivity contribution in [3.8, 4) is 0 Å². The average Bonchev–Trinajstić information content (AvgIpc) is 2.50. The van der Waals surface area contributed by atoms with Crippen molar-refractivity contribution in [2.45, 2.75) is 27.6 Å². The van der Waals surface area contributed by atoms with Crippen molar-refractivity contribution in [2.24, 2.45) is 0 Å². The summed E-state index contributed by atoms with van der Waals surface area (Å²) in [6, 6.07) is 2.38. The SMILES string of the molecule is Nc1cccc(C(c2cccc(N)c2S(=O)(=O)O)(C(F)(F)F)C(F)(F)F)c1S(=O)(=O)O. The third kappa shape index (κ3) is 3.90. The van der Waals surface area contributed by atoms with E-state index in [4.69, 9.17) is 11.5 Å². The molecular formula is C15H12F6N2O6S2. The molecule has 6 N–H and O–H groups in total. The number of anilines is 2. The van der Waals surface area contributed by atoms with Crippen LogP contribution >= 0.6 is 0 Å². The van der Waals surface area contributed by atoms with Crippen LogP contribution in [0.25, 0.3) is 0 Å². The summed E-state index contributed by atoms with van der Waals surface area (Å²) in [6.45, 7) is 0. The Hall–Kier alpha value is -2.56. The van der Waals surface area contributed by atoms with E-state index in [9.17, 15) is 52.3 Å². The predicted molar refractivity (Wildman–Crippen MR) is 94.2 cm³/mol. The molecule has 0 fully saturated rings. The van der Waals surface area contributed by atoms with Crippen LogP contribution in [0.2, 0.25) is 0 Å². The van der Waals surface area contributed by atoms with Gasteiger partial charge >= 0.3 is 12.4 Å². The highest BCUT2D eigenvalue weighted by molar-refractivity contribution is 7.86. The van der Waals surface area contributed by atoms with E-state index >= 15 is 0 Å². The molecule has 31 heavy (non-hydrogen) atoms. The topological polar surface area (TPSA) is 161 Å². The fraction of sp³-hybridized carbons (Fsp3) is 0.200. The van der Waals surface area contributed by atoms with Crippen LogP contribution in [-0.2, 0) is 25.7 Å². The quantitative estimate of drug-likeness (QED) is 0.287. The van der Waals surface area contributed by atoms with E-state index in [1.165, 1.54) is 0 Å². The molecule has 0 atom stereocenters. The lowest BCUT2D eigenvalue weighted by Gasteiger charge is -2.39. The standard InChI is InChI=1S/C15H12F6N2O6S2/c16-14(17,18)13(15(19,20)21,7-3-1-5-9(22)11(7)30(24,25)26)8-4-2-6-10(23)12(8)31(27,28)29/h1-6H,22-23H2,(H,24,25,26)(H,27,28,29). The number of nitrogen functional groups attached to an aromatic ring is 2. The van der Waals surface area contributed by atoms with Crippen LogP contribution in [0.1, 0.15) is 11.1 Å². The average molecular weight is 494 g/mol. The molecule has 2 aromatic rings. The van der Waals surface area contributed by atoms with Gasteiger partial charge in [-0.2, -0.15) is 43.2 Å². The highest BCUT2D eigenvalue weighted by Gasteiger charge is 2.74. The van der Waals surface area contributed by atoms with Crippen molar-refractivity contribution in [1.82, 2.24) is 0 Å². The first kappa shape index (κ1) is 24.7. The Morgan fingerprint density at radius 3 is 1.16 bits per heavy atom. The van der Waals surface area contributed by atoms with Gasteiger partial charge in [0.05, 0.1) is 11.4 Å². The first-order valence-corrected chi connectivity index (χ1v) is 10.5. The number of hydrogen-bond acceptors (Lipinski definition) is 6. The van der Waals surface area contributed by atoms with E-state index in [-0.39, 0.29) is 12.1 Å². The van der Waals surface area contributed by atoms with Crippen LogP contribution in [0.5, 0.6) is 0 Å². The number of halogens is 6. The molecule has 16 heteroatoms. The van der Waals surface area contributed by atoms with E-state index in [2.05, 4.69) is 0 Å². The number of rotatable bonds is 4. The molecular weight excluding hydrogens is 482 g/mol. The minimum absolute atomic E-state index is 0.0530. The molecule has 0 amide bonds. The van der Waals surface area contributed by atoms with E-state index < -0.39 is 70.3 Å². The summed E-state index contributed by atoms with van der Waals surface area (Å²) < 4.78 is 151. The highest BCUT2D eigenvalue weighted by atomic mass is 32.2. The Kier molecular flexibility index (Phi) is 5.78. The lowest BCUT2D eigenvalue weighted by Crippen LogP contribution is -2.56. The summed E-state index contributed by atoms with van der Waals surface area (Å²) in [5, 5.41) is 0. The van der Waals surface area contributed by atoms with E-state index in [0.717, 1.165) is 0 Å². The van der Waals surface area contributed by atoms with Gasteiger partial charge in [0.1, 0.15) is 9.79 Å². The summed E-state index contributed by atoms with van der Waals surface area (Å²) in [5.74, 6) is 0. The molecule has 172 valence electrons. The van der Waals surface area contributed by atoms with E-state index in [1.807, 2.05) is 0 Å². The van der Waals surface area contributed by atoms with Crippen molar-refractivity contribution < 1.29 is 52.3 Å². The van der Waals surface area contributed by atoms with Crippen molar-refractivity contribution in [2.75, 3.05) is 11.5 Å². The van der Waals surface area contributed by atoms with Crippen molar-refractivity contribution in [3.63, 3.8) is 0 Å². The summed E-state index contributed by atoms with van der Waals surface area (Å²) in [7, 11) is -11.6. The Morgan fingerprint density at radius 2 is 0.935 bits per heavy atom. The van der Waals surface area contributed by atoms with Gasteiger partial charge in [0, 0.05) is 11.1 Å². The lowest BCUT2D eigenvalue weighted by atomic mass is 9.72. The van der Waals surface area contributed by atoms with Gasteiger partial charge in [-0.15, -0.1) is 0 Å². The van der Waals surface area contributed by atoms with E-state index in [0.29, 0.717) is 24.3 Å². The molecule has 0 unspecified atom stereocenters. The molecule has 0 heterocycles. The fourth-order valence-corrected chi connectivity index (χ4v) is 4.92. The monoisotopic (exact) mass is 494 g/mol. The summed E-state index contributed by atoms with van der Waals surface area (Å²) in [5.41, 5.74) is -1.55. The minimum atomic E-state index is -6.48. The molecule has 0 aliphatic heterocycles. The Morgan fingerprint density at radius 1 is 0.645 bits per heavy atom. The molecule has 0 spiro atoms. The molecule has 0 saturated carbocycles. The van der Waals surface area contributed by atoms with Gasteiger partial charge in [0.2, 0.25) is 5.41 Å². The maximum absolute atomic E-state index is 14.3. The van der Waals surface area contributed by atoms with E-state index in [1.54, 1.807) is 0 Å². The first-order chi connectivity index (χ1) is 13.8. The summed E-state index contributed by atoms with van der Waals surface area (Å²) in [6.07, 6.45) is -13.0. The highest BCUT2D eigenvalue weighted by Crippen LogP contribution is 2.59. The van der Waals surface area contributed by atoms with Crippen LogP contribution in [0.4, 0.5) is 37.7 Å². The fourth-order valence-electron chi connectivity index (χ4n) is 3.19. The minimum Gasteiger partial charge on any atom is -0.398 e. The largest absolute Gasteiger partial charge is 0.411 e. The van der Waals surface area contributed by atoms with Gasteiger partial charge in [0.15, 0.2) is 0 Å². The molecule has 8 nitrogen and oxygen atoms in total. The molecule has 0 aliphatic carbocycles. The number of nitrogens with two attached hydrogens (primary N) is 2. The smallest absolute Gasteiger partial charge is 0.398 e. The van der Waals surface area contributed by atoms with Gasteiger partial charge in [0.25, 0.3) is 20.2 Å². The zero-order valence-corrected chi connectivity index (χ0v) is 16.4. The maximum Gasteiger partial charge on any atom is 0.411 e. The summed E-state index contributed by atoms with van der Waals surface area (Å²) in [4.78, 5) is -3.90. The Labute approximate surface area is 171 Å². The van der Waals surface area contributed by atoms with Crippen LogP contribution in [-0.4, -0.2) is 38.3 Å². The molecule has 0 radical (unpaired) electrons. The molecule has 0 aliphatic rings. The molecule has 2 rings (SSSR count).